The van der Waals surface area contributed by atoms with E-state index < -0.39 is 6.10 Å². The van der Waals surface area contributed by atoms with E-state index in [1.807, 2.05) is 67.6 Å². The third-order valence-electron chi connectivity index (χ3n) is 3.92. The van der Waals surface area contributed by atoms with Gasteiger partial charge >= 0.3 is 0 Å². The predicted molar refractivity (Wildman–Crippen MR) is 96.1 cm³/mol. The molecule has 122 valence electrons. The van der Waals surface area contributed by atoms with E-state index in [1.54, 1.807) is 6.20 Å². The number of ether oxygens (including phenoxy) is 1. The molecule has 0 aliphatic carbocycles. The molecule has 2 aromatic carbocycles. The van der Waals surface area contributed by atoms with Gasteiger partial charge in [-0.05, 0) is 36.2 Å². The van der Waals surface area contributed by atoms with Crippen LogP contribution in [0.15, 0.2) is 72.9 Å². The van der Waals surface area contributed by atoms with Crippen molar-refractivity contribution < 1.29 is 9.84 Å². The molecule has 1 aromatic heterocycles. The van der Waals surface area contributed by atoms with E-state index in [0.717, 1.165) is 28.1 Å². The van der Waals surface area contributed by atoms with Crippen molar-refractivity contribution in [2.24, 2.45) is 0 Å². The van der Waals surface area contributed by atoms with Gasteiger partial charge in [-0.25, -0.2) is 0 Å². The number of hydrogen-bond donors (Lipinski definition) is 1. The summed E-state index contributed by atoms with van der Waals surface area (Å²) >= 11 is 0. The summed E-state index contributed by atoms with van der Waals surface area (Å²) in [7, 11) is 0. The van der Waals surface area contributed by atoms with Crippen molar-refractivity contribution in [3.05, 3.63) is 84.1 Å². The number of aliphatic hydroxyl groups excluding tert-OH is 1. The first-order chi connectivity index (χ1) is 11.7. The summed E-state index contributed by atoms with van der Waals surface area (Å²) < 4.78 is 5.64. The van der Waals surface area contributed by atoms with E-state index in [4.69, 9.17) is 4.74 Å². The lowest BCUT2D eigenvalue weighted by molar-refractivity contribution is 0.108. The van der Waals surface area contributed by atoms with Crippen molar-refractivity contribution >= 4 is 0 Å². The highest BCUT2D eigenvalue weighted by Gasteiger charge is 2.13. The van der Waals surface area contributed by atoms with E-state index in [2.05, 4.69) is 11.1 Å². The number of para-hydroxylation sites is 1. The number of rotatable bonds is 6. The number of hydrogen-bond acceptors (Lipinski definition) is 3. The zero-order valence-corrected chi connectivity index (χ0v) is 13.7. The molecule has 1 atom stereocenters. The summed E-state index contributed by atoms with van der Waals surface area (Å²) in [6, 6.07) is 21.6. The number of aliphatic hydroxyl groups is 1. The van der Waals surface area contributed by atoms with Crippen molar-refractivity contribution in [1.82, 2.24) is 4.98 Å². The maximum Gasteiger partial charge on any atom is 0.119 e. The summed E-state index contributed by atoms with van der Waals surface area (Å²) in [5, 5.41) is 10.4. The van der Waals surface area contributed by atoms with Gasteiger partial charge in [-0.2, -0.15) is 0 Å². The summed E-state index contributed by atoms with van der Waals surface area (Å²) in [6.07, 6.45) is 1.75. The third-order valence-corrected chi connectivity index (χ3v) is 3.92. The van der Waals surface area contributed by atoms with Gasteiger partial charge < -0.3 is 9.84 Å². The van der Waals surface area contributed by atoms with Crippen LogP contribution in [0.2, 0.25) is 0 Å². The Balaban J connectivity index is 1.72. The van der Waals surface area contributed by atoms with Crippen LogP contribution < -0.4 is 4.74 Å². The summed E-state index contributed by atoms with van der Waals surface area (Å²) in [5.41, 5.74) is 4.22. The van der Waals surface area contributed by atoms with Crippen LogP contribution >= 0.6 is 0 Å². The molecule has 0 fully saturated rings. The van der Waals surface area contributed by atoms with Gasteiger partial charge in [-0.15, -0.1) is 0 Å². The van der Waals surface area contributed by atoms with Gasteiger partial charge in [-0.3, -0.25) is 4.98 Å². The SMILES string of the molecule is Cc1cccnc1-c1ccccc1CC(O)COc1ccccc1. The van der Waals surface area contributed by atoms with Crippen LogP contribution in [-0.4, -0.2) is 22.8 Å². The molecule has 3 nitrogen and oxygen atoms in total. The molecule has 0 saturated heterocycles. The average Bonchev–Trinajstić information content (AvgIpc) is 2.62. The molecule has 1 N–H and O–H groups in total. The van der Waals surface area contributed by atoms with Gasteiger partial charge in [0, 0.05) is 18.2 Å². The van der Waals surface area contributed by atoms with Gasteiger partial charge in [0.2, 0.25) is 0 Å². The van der Waals surface area contributed by atoms with Crippen LogP contribution in [0, 0.1) is 6.92 Å². The topological polar surface area (TPSA) is 42.4 Å². The number of aromatic nitrogens is 1. The number of aryl methyl sites for hydroxylation is 1. The van der Waals surface area contributed by atoms with Crippen molar-refractivity contribution in [2.45, 2.75) is 19.4 Å². The highest BCUT2D eigenvalue weighted by atomic mass is 16.5. The molecule has 0 radical (unpaired) electrons. The highest BCUT2D eigenvalue weighted by Crippen LogP contribution is 2.25. The van der Waals surface area contributed by atoms with Gasteiger partial charge in [0.25, 0.3) is 0 Å². The van der Waals surface area contributed by atoms with Crippen LogP contribution in [0.1, 0.15) is 11.1 Å². The minimum absolute atomic E-state index is 0.263. The Morgan fingerprint density at radius 3 is 2.50 bits per heavy atom. The zero-order chi connectivity index (χ0) is 16.8. The predicted octanol–water partition coefficient (Wildman–Crippen LogP) is 4.04. The first-order valence-corrected chi connectivity index (χ1v) is 8.10. The van der Waals surface area contributed by atoms with Gasteiger partial charge in [0.1, 0.15) is 12.4 Å². The van der Waals surface area contributed by atoms with Crippen LogP contribution in [0.4, 0.5) is 0 Å². The van der Waals surface area contributed by atoms with Crippen LogP contribution in [0.3, 0.4) is 0 Å². The number of pyridine rings is 1. The Morgan fingerprint density at radius 2 is 1.71 bits per heavy atom. The van der Waals surface area contributed by atoms with E-state index in [1.165, 1.54) is 0 Å². The molecule has 24 heavy (non-hydrogen) atoms. The molecule has 3 heteroatoms. The van der Waals surface area contributed by atoms with Crippen molar-refractivity contribution in [3.8, 4) is 17.0 Å². The van der Waals surface area contributed by atoms with Crippen LogP contribution in [0.5, 0.6) is 5.75 Å². The van der Waals surface area contributed by atoms with E-state index in [-0.39, 0.29) is 6.61 Å². The van der Waals surface area contributed by atoms with E-state index >= 15 is 0 Å². The molecule has 1 heterocycles. The zero-order valence-electron chi connectivity index (χ0n) is 13.7. The summed E-state index contributed by atoms with van der Waals surface area (Å²) in [5.74, 6) is 0.769. The molecule has 1 unspecified atom stereocenters. The molecule has 0 saturated carbocycles. The van der Waals surface area contributed by atoms with Gasteiger partial charge in [0.05, 0.1) is 11.8 Å². The third kappa shape index (κ3) is 4.00. The molecule has 0 bridgehead atoms. The lowest BCUT2D eigenvalue weighted by atomic mass is 9.97. The Labute approximate surface area is 142 Å². The second kappa shape index (κ2) is 7.75. The number of benzene rings is 2. The fourth-order valence-electron chi connectivity index (χ4n) is 2.72. The number of nitrogens with zero attached hydrogens (tertiary/aromatic N) is 1. The van der Waals surface area contributed by atoms with Crippen molar-refractivity contribution in [3.63, 3.8) is 0 Å². The minimum Gasteiger partial charge on any atom is -0.491 e. The molecule has 0 spiro atoms. The Hall–Kier alpha value is -2.65. The Bertz CT molecular complexity index is 787. The lowest BCUT2D eigenvalue weighted by Crippen LogP contribution is -2.20. The molecule has 3 aromatic rings. The maximum absolute atomic E-state index is 10.4. The highest BCUT2D eigenvalue weighted by molar-refractivity contribution is 5.66. The largest absolute Gasteiger partial charge is 0.491 e. The second-order valence-corrected chi connectivity index (χ2v) is 5.81. The van der Waals surface area contributed by atoms with Gasteiger partial charge in [0.15, 0.2) is 0 Å². The van der Waals surface area contributed by atoms with E-state index in [0.29, 0.717) is 6.42 Å². The molecule has 3 rings (SSSR count). The van der Waals surface area contributed by atoms with Crippen LogP contribution in [-0.2, 0) is 6.42 Å². The first-order valence-electron chi connectivity index (χ1n) is 8.10. The molecular weight excluding hydrogens is 298 g/mol. The first kappa shape index (κ1) is 16.2. The van der Waals surface area contributed by atoms with Crippen molar-refractivity contribution in [2.75, 3.05) is 6.61 Å². The second-order valence-electron chi connectivity index (χ2n) is 5.81. The Kier molecular flexibility index (Phi) is 5.24. The summed E-state index contributed by atoms with van der Waals surface area (Å²) in [4.78, 5) is 4.50. The maximum atomic E-state index is 10.4. The average molecular weight is 319 g/mol. The Morgan fingerprint density at radius 1 is 0.958 bits per heavy atom. The van der Waals surface area contributed by atoms with Crippen LogP contribution in [0.25, 0.3) is 11.3 Å². The molecule has 0 aliphatic heterocycles. The quantitative estimate of drug-likeness (QED) is 0.745. The van der Waals surface area contributed by atoms with Crippen molar-refractivity contribution in [1.29, 1.82) is 0 Å². The monoisotopic (exact) mass is 319 g/mol. The lowest BCUT2D eigenvalue weighted by Gasteiger charge is -2.15. The van der Waals surface area contributed by atoms with E-state index in [9.17, 15) is 5.11 Å². The molecule has 0 aliphatic rings. The fraction of sp³-hybridized carbons (Fsp3) is 0.190. The minimum atomic E-state index is -0.574. The van der Waals surface area contributed by atoms with Gasteiger partial charge in [-0.1, -0.05) is 48.5 Å². The normalized spacial score (nSPS) is 11.9. The molecular formula is C21H21NO2. The molecule has 0 amide bonds. The summed E-state index contributed by atoms with van der Waals surface area (Å²) in [6.45, 7) is 2.31. The smallest absolute Gasteiger partial charge is 0.119 e. The standard InChI is InChI=1S/C21H21NO2/c1-16-8-7-13-22-21(16)20-12-6-5-9-17(20)14-18(23)15-24-19-10-3-2-4-11-19/h2-13,18,23H,14-15H2,1H3. The fourth-order valence-corrected chi connectivity index (χ4v) is 2.72.